The van der Waals surface area contributed by atoms with Gasteiger partial charge in [0.1, 0.15) is 5.75 Å². The number of anilines is 1. The van der Waals surface area contributed by atoms with Gasteiger partial charge in [0.05, 0.1) is 20.8 Å². The van der Waals surface area contributed by atoms with E-state index in [1.165, 1.54) is 18.9 Å². The molecule has 0 fully saturated rings. The second-order valence-corrected chi connectivity index (χ2v) is 7.15. The van der Waals surface area contributed by atoms with Gasteiger partial charge in [-0.1, -0.05) is 12.1 Å². The van der Waals surface area contributed by atoms with Crippen LogP contribution >= 0.6 is 0 Å². The van der Waals surface area contributed by atoms with Crippen LogP contribution in [0.3, 0.4) is 0 Å². The minimum Gasteiger partial charge on any atom is -0.494 e. The lowest BCUT2D eigenvalue weighted by Gasteiger charge is -2.24. The number of nitrogens with zero attached hydrogens (tertiary/aromatic N) is 3. The molecule has 1 aliphatic rings. The molecule has 1 aliphatic heterocycles. The Morgan fingerprint density at radius 3 is 2.39 bits per heavy atom. The van der Waals surface area contributed by atoms with Crippen molar-refractivity contribution in [3.05, 3.63) is 58.9 Å². The summed E-state index contributed by atoms with van der Waals surface area (Å²) in [5.41, 5.74) is 0.908. The van der Waals surface area contributed by atoms with E-state index in [9.17, 15) is 14.4 Å². The number of aromatic nitrogens is 3. The molecule has 3 aromatic rings. The van der Waals surface area contributed by atoms with E-state index < -0.39 is 29.6 Å². The van der Waals surface area contributed by atoms with Crippen molar-refractivity contribution in [2.24, 2.45) is 0 Å². The Labute approximate surface area is 189 Å². The monoisotopic (exact) mass is 450 g/mol. The molecular formula is C23H22N4O6. The number of benzene rings is 2. The quantitative estimate of drug-likeness (QED) is 0.582. The van der Waals surface area contributed by atoms with Gasteiger partial charge in [0.25, 0.3) is 5.56 Å². The second kappa shape index (κ2) is 9.11. The molecule has 10 heteroatoms. The highest BCUT2D eigenvalue weighted by Crippen LogP contribution is 2.34. The molecule has 10 nitrogen and oxygen atoms in total. The number of methoxy groups -OCH3 is 2. The zero-order valence-electron chi connectivity index (χ0n) is 18.3. The first-order valence-corrected chi connectivity index (χ1v) is 10.2. The van der Waals surface area contributed by atoms with Crippen molar-refractivity contribution in [2.75, 3.05) is 26.1 Å². The van der Waals surface area contributed by atoms with Crippen LogP contribution in [0, 0.1) is 0 Å². The Morgan fingerprint density at radius 1 is 1.03 bits per heavy atom. The standard InChI is InChI=1S/C23H22N4O6/c1-4-33-14-11-9-13(10-12-14)17-21(28)25-20-15-7-5-6-8-16(15)24-18(22(29)31-2)19(23(30)32-3)27(20)26-17/h5-12,18-19,24H,4H2,1-3H3/t18-,19+/m0/s1. The van der Waals surface area contributed by atoms with Gasteiger partial charge < -0.3 is 19.5 Å². The SMILES string of the molecule is CCOc1ccc(-c2nn3c(nc2=O)-c2ccccc2N[C@H](C(=O)OC)[C@@H]3C(=O)OC)cc1. The normalized spacial score (nSPS) is 16.5. The summed E-state index contributed by atoms with van der Waals surface area (Å²) < 4.78 is 16.6. The maximum Gasteiger partial charge on any atom is 0.333 e. The molecule has 0 saturated carbocycles. The number of carbonyl (C=O) groups excluding carboxylic acids is 2. The Balaban J connectivity index is 1.96. The molecule has 1 aromatic heterocycles. The second-order valence-electron chi connectivity index (χ2n) is 7.15. The highest BCUT2D eigenvalue weighted by molar-refractivity contribution is 5.91. The Bertz CT molecular complexity index is 1250. The Morgan fingerprint density at radius 2 is 1.73 bits per heavy atom. The summed E-state index contributed by atoms with van der Waals surface area (Å²) in [5, 5.41) is 7.52. The highest BCUT2D eigenvalue weighted by atomic mass is 16.5. The predicted octanol–water partition coefficient (Wildman–Crippen LogP) is 2.05. The van der Waals surface area contributed by atoms with Gasteiger partial charge in [-0.15, -0.1) is 0 Å². The van der Waals surface area contributed by atoms with Gasteiger partial charge in [-0.3, -0.25) is 4.79 Å². The van der Waals surface area contributed by atoms with Crippen LogP contribution in [-0.2, 0) is 19.1 Å². The summed E-state index contributed by atoms with van der Waals surface area (Å²) >= 11 is 0. The van der Waals surface area contributed by atoms with Crippen molar-refractivity contribution in [3.63, 3.8) is 0 Å². The number of rotatable bonds is 5. The Hall–Kier alpha value is -4.21. The van der Waals surface area contributed by atoms with Crippen molar-refractivity contribution in [1.29, 1.82) is 0 Å². The molecule has 33 heavy (non-hydrogen) atoms. The van der Waals surface area contributed by atoms with Crippen LogP contribution in [0.25, 0.3) is 22.6 Å². The van der Waals surface area contributed by atoms with Gasteiger partial charge in [0, 0.05) is 16.8 Å². The topological polar surface area (TPSA) is 122 Å². The smallest absolute Gasteiger partial charge is 0.333 e. The van der Waals surface area contributed by atoms with E-state index in [0.29, 0.717) is 29.2 Å². The number of carbonyl (C=O) groups is 2. The van der Waals surface area contributed by atoms with E-state index in [1.54, 1.807) is 48.5 Å². The molecule has 170 valence electrons. The molecule has 4 rings (SSSR count). The number of esters is 2. The third kappa shape index (κ3) is 4.02. The fraction of sp³-hybridized carbons (Fsp3) is 0.261. The van der Waals surface area contributed by atoms with Crippen molar-refractivity contribution in [3.8, 4) is 28.4 Å². The summed E-state index contributed by atoms with van der Waals surface area (Å²) in [6, 6.07) is 11.3. The fourth-order valence-corrected chi connectivity index (χ4v) is 3.70. The van der Waals surface area contributed by atoms with Crippen LogP contribution in [0.4, 0.5) is 5.69 Å². The first-order valence-electron chi connectivity index (χ1n) is 10.2. The molecule has 0 aliphatic carbocycles. The number of para-hydroxylation sites is 1. The zero-order chi connectivity index (χ0) is 23.5. The number of hydrogen-bond acceptors (Lipinski definition) is 9. The first-order chi connectivity index (χ1) is 16.0. The number of nitrogens with one attached hydrogen (secondary N) is 1. The average Bonchev–Trinajstić information content (AvgIpc) is 2.98. The molecule has 0 bridgehead atoms. The van der Waals surface area contributed by atoms with Gasteiger partial charge in [0.2, 0.25) is 0 Å². The van der Waals surface area contributed by atoms with E-state index in [1.807, 2.05) is 6.92 Å². The fourth-order valence-electron chi connectivity index (χ4n) is 3.70. The van der Waals surface area contributed by atoms with E-state index >= 15 is 0 Å². The molecule has 2 aromatic carbocycles. The van der Waals surface area contributed by atoms with Crippen molar-refractivity contribution in [1.82, 2.24) is 14.8 Å². The molecule has 0 spiro atoms. The summed E-state index contributed by atoms with van der Waals surface area (Å²) in [5.74, 6) is -0.682. The van der Waals surface area contributed by atoms with Crippen LogP contribution < -0.4 is 15.6 Å². The molecule has 1 N–H and O–H groups in total. The van der Waals surface area contributed by atoms with E-state index in [0.717, 1.165) is 0 Å². The van der Waals surface area contributed by atoms with Gasteiger partial charge in [-0.25, -0.2) is 14.3 Å². The minimum absolute atomic E-state index is 0.0127. The first kappa shape index (κ1) is 22.0. The summed E-state index contributed by atoms with van der Waals surface area (Å²) in [7, 11) is 2.43. The van der Waals surface area contributed by atoms with E-state index in [4.69, 9.17) is 14.2 Å². The molecular weight excluding hydrogens is 428 g/mol. The summed E-state index contributed by atoms with van der Waals surface area (Å²) in [4.78, 5) is 42.8. The maximum atomic E-state index is 13.0. The average molecular weight is 450 g/mol. The number of fused-ring (bicyclic) bond motifs is 3. The predicted molar refractivity (Wildman–Crippen MR) is 119 cm³/mol. The number of hydrogen-bond donors (Lipinski definition) is 1. The van der Waals surface area contributed by atoms with Gasteiger partial charge in [-0.2, -0.15) is 10.1 Å². The molecule has 0 unspecified atom stereocenters. The van der Waals surface area contributed by atoms with Crippen molar-refractivity contribution >= 4 is 17.6 Å². The van der Waals surface area contributed by atoms with Crippen LogP contribution in [0.2, 0.25) is 0 Å². The lowest BCUT2D eigenvalue weighted by atomic mass is 10.1. The molecule has 2 heterocycles. The van der Waals surface area contributed by atoms with Crippen LogP contribution in [0.1, 0.15) is 13.0 Å². The van der Waals surface area contributed by atoms with Crippen LogP contribution in [0.5, 0.6) is 5.75 Å². The van der Waals surface area contributed by atoms with Gasteiger partial charge in [0.15, 0.2) is 23.6 Å². The lowest BCUT2D eigenvalue weighted by molar-refractivity contribution is -0.152. The van der Waals surface area contributed by atoms with Crippen molar-refractivity contribution < 1.29 is 23.8 Å². The minimum atomic E-state index is -1.28. The Kier molecular flexibility index (Phi) is 6.07. The van der Waals surface area contributed by atoms with Gasteiger partial charge >= 0.3 is 11.9 Å². The highest BCUT2D eigenvalue weighted by Gasteiger charge is 2.42. The molecule has 0 saturated heterocycles. The lowest BCUT2D eigenvalue weighted by Crippen LogP contribution is -2.44. The van der Waals surface area contributed by atoms with Gasteiger partial charge in [-0.05, 0) is 43.3 Å². The largest absolute Gasteiger partial charge is 0.494 e. The summed E-state index contributed by atoms with van der Waals surface area (Å²) in [6.07, 6.45) is 0. The zero-order valence-corrected chi connectivity index (χ0v) is 18.3. The third-order valence-electron chi connectivity index (χ3n) is 5.23. The molecule has 0 amide bonds. The van der Waals surface area contributed by atoms with Crippen LogP contribution in [-0.4, -0.2) is 53.6 Å². The van der Waals surface area contributed by atoms with E-state index in [2.05, 4.69) is 15.4 Å². The maximum absolute atomic E-state index is 13.0. The number of ether oxygens (including phenoxy) is 3. The van der Waals surface area contributed by atoms with Crippen LogP contribution in [0.15, 0.2) is 53.3 Å². The molecule has 2 atom stereocenters. The third-order valence-corrected chi connectivity index (χ3v) is 5.23. The van der Waals surface area contributed by atoms with E-state index in [-0.39, 0.29) is 11.5 Å². The van der Waals surface area contributed by atoms with Crippen molar-refractivity contribution in [2.45, 2.75) is 19.0 Å². The summed E-state index contributed by atoms with van der Waals surface area (Å²) in [6.45, 7) is 2.37. The molecule has 0 radical (unpaired) electrons.